The van der Waals surface area contributed by atoms with Crippen LogP contribution in [0.25, 0.3) is 11.3 Å². The van der Waals surface area contributed by atoms with E-state index < -0.39 is 17.6 Å². The lowest BCUT2D eigenvalue weighted by Gasteiger charge is -2.06. The molecule has 5 nitrogen and oxygen atoms in total. The smallest absolute Gasteiger partial charge is 0.305 e. The molecule has 0 saturated heterocycles. The Morgan fingerprint density at radius 3 is 2.32 bits per heavy atom. The Kier molecular flexibility index (Phi) is 4.81. The van der Waals surface area contributed by atoms with Crippen molar-refractivity contribution in [3.05, 3.63) is 82.8 Å². The quantitative estimate of drug-likeness (QED) is 0.699. The van der Waals surface area contributed by atoms with E-state index in [0.717, 1.165) is 6.07 Å². The third kappa shape index (κ3) is 3.70. The van der Waals surface area contributed by atoms with Crippen LogP contribution in [0.15, 0.2) is 65.1 Å². The Balaban J connectivity index is 1.68. The number of furan rings is 1. The SMILES string of the molecule is O=C(NNC(=O)c1ccccc1F)c1ccc(-c2ccccc2Cl)o1. The molecule has 0 radical (unpaired) electrons. The van der Waals surface area contributed by atoms with Gasteiger partial charge in [0.05, 0.1) is 10.6 Å². The van der Waals surface area contributed by atoms with E-state index in [-0.39, 0.29) is 11.3 Å². The van der Waals surface area contributed by atoms with E-state index in [2.05, 4.69) is 10.9 Å². The highest BCUT2D eigenvalue weighted by molar-refractivity contribution is 6.33. The van der Waals surface area contributed by atoms with Crippen LogP contribution in [0, 0.1) is 5.82 Å². The van der Waals surface area contributed by atoms with Gasteiger partial charge < -0.3 is 4.42 Å². The molecule has 126 valence electrons. The highest BCUT2D eigenvalue weighted by atomic mass is 35.5. The summed E-state index contributed by atoms with van der Waals surface area (Å²) in [4.78, 5) is 23.9. The number of rotatable bonds is 3. The summed E-state index contributed by atoms with van der Waals surface area (Å²) >= 11 is 6.08. The van der Waals surface area contributed by atoms with Crippen LogP contribution >= 0.6 is 11.6 Å². The number of hydrazine groups is 1. The minimum absolute atomic E-state index is 0.0243. The van der Waals surface area contributed by atoms with Crippen molar-refractivity contribution in [3.63, 3.8) is 0 Å². The molecule has 0 saturated carbocycles. The summed E-state index contributed by atoms with van der Waals surface area (Å²) in [7, 11) is 0. The third-order valence-corrected chi connectivity index (χ3v) is 3.71. The first kappa shape index (κ1) is 16.7. The lowest BCUT2D eigenvalue weighted by atomic mass is 10.2. The maximum Gasteiger partial charge on any atom is 0.305 e. The van der Waals surface area contributed by atoms with Crippen molar-refractivity contribution in [1.29, 1.82) is 0 Å². The van der Waals surface area contributed by atoms with E-state index in [0.29, 0.717) is 16.3 Å². The second-order valence-corrected chi connectivity index (χ2v) is 5.44. The van der Waals surface area contributed by atoms with Gasteiger partial charge in [0.2, 0.25) is 0 Å². The van der Waals surface area contributed by atoms with Crippen LogP contribution < -0.4 is 10.9 Å². The zero-order valence-electron chi connectivity index (χ0n) is 12.8. The molecule has 25 heavy (non-hydrogen) atoms. The summed E-state index contributed by atoms with van der Waals surface area (Å²) in [5, 5.41) is 0.483. The maximum atomic E-state index is 13.5. The van der Waals surface area contributed by atoms with Crippen LogP contribution in [-0.2, 0) is 0 Å². The second-order valence-electron chi connectivity index (χ2n) is 5.03. The van der Waals surface area contributed by atoms with Gasteiger partial charge >= 0.3 is 5.91 Å². The second kappa shape index (κ2) is 7.19. The van der Waals surface area contributed by atoms with Crippen molar-refractivity contribution < 1.29 is 18.4 Å². The molecular formula is C18H12ClFN2O3. The zero-order valence-corrected chi connectivity index (χ0v) is 13.5. The zero-order chi connectivity index (χ0) is 17.8. The fourth-order valence-corrected chi connectivity index (χ4v) is 2.38. The molecular weight excluding hydrogens is 347 g/mol. The van der Waals surface area contributed by atoms with Gasteiger partial charge in [0.25, 0.3) is 5.91 Å². The monoisotopic (exact) mass is 358 g/mol. The predicted molar refractivity (Wildman–Crippen MR) is 90.5 cm³/mol. The number of amides is 2. The van der Waals surface area contributed by atoms with Crippen molar-refractivity contribution in [3.8, 4) is 11.3 Å². The normalized spacial score (nSPS) is 10.3. The Bertz CT molecular complexity index is 939. The summed E-state index contributed by atoms with van der Waals surface area (Å²) < 4.78 is 19.0. The lowest BCUT2D eigenvalue weighted by Crippen LogP contribution is -2.41. The Morgan fingerprint density at radius 2 is 1.56 bits per heavy atom. The van der Waals surface area contributed by atoms with Crippen LogP contribution in [-0.4, -0.2) is 11.8 Å². The number of hydrogen-bond acceptors (Lipinski definition) is 3. The molecule has 2 N–H and O–H groups in total. The number of halogens is 2. The van der Waals surface area contributed by atoms with Crippen molar-refractivity contribution in [1.82, 2.24) is 10.9 Å². The van der Waals surface area contributed by atoms with Crippen LogP contribution in [0.1, 0.15) is 20.9 Å². The Labute approximate surface area is 147 Å². The van der Waals surface area contributed by atoms with E-state index in [1.54, 1.807) is 30.3 Å². The first-order valence-corrected chi connectivity index (χ1v) is 7.64. The standard InChI is InChI=1S/C18H12ClFN2O3/c19-13-7-3-1-5-11(13)15-9-10-16(25-15)18(24)22-21-17(23)12-6-2-4-8-14(12)20/h1-10H,(H,21,23)(H,22,24). The average Bonchev–Trinajstić information content (AvgIpc) is 3.10. The van der Waals surface area contributed by atoms with Crippen molar-refractivity contribution in [2.45, 2.75) is 0 Å². The van der Waals surface area contributed by atoms with E-state index in [1.165, 1.54) is 24.3 Å². The predicted octanol–water partition coefficient (Wildman–Crippen LogP) is 3.81. The van der Waals surface area contributed by atoms with Gasteiger partial charge in [0, 0.05) is 5.56 Å². The van der Waals surface area contributed by atoms with Crippen molar-refractivity contribution in [2.24, 2.45) is 0 Å². The van der Waals surface area contributed by atoms with Gasteiger partial charge in [-0.25, -0.2) is 4.39 Å². The van der Waals surface area contributed by atoms with Gasteiger partial charge in [0.1, 0.15) is 11.6 Å². The molecule has 7 heteroatoms. The molecule has 0 atom stereocenters. The van der Waals surface area contributed by atoms with Gasteiger partial charge in [-0.05, 0) is 36.4 Å². The van der Waals surface area contributed by atoms with Crippen LogP contribution in [0.2, 0.25) is 5.02 Å². The molecule has 3 aromatic rings. The number of carbonyl (C=O) groups excluding carboxylic acids is 2. The molecule has 0 aliphatic carbocycles. The van der Waals surface area contributed by atoms with E-state index in [9.17, 15) is 14.0 Å². The first-order chi connectivity index (χ1) is 12.1. The first-order valence-electron chi connectivity index (χ1n) is 7.26. The van der Waals surface area contributed by atoms with E-state index >= 15 is 0 Å². The van der Waals surface area contributed by atoms with Gasteiger partial charge in [-0.1, -0.05) is 35.9 Å². The van der Waals surface area contributed by atoms with E-state index in [1.807, 2.05) is 0 Å². The third-order valence-electron chi connectivity index (χ3n) is 3.38. The van der Waals surface area contributed by atoms with Gasteiger partial charge in [-0.3, -0.25) is 20.4 Å². The van der Waals surface area contributed by atoms with Gasteiger partial charge in [-0.2, -0.15) is 0 Å². The number of hydrogen-bond donors (Lipinski definition) is 2. The topological polar surface area (TPSA) is 71.3 Å². The van der Waals surface area contributed by atoms with Crippen LogP contribution in [0.4, 0.5) is 4.39 Å². The number of carbonyl (C=O) groups is 2. The number of nitrogens with one attached hydrogen (secondary N) is 2. The molecule has 3 rings (SSSR count). The minimum atomic E-state index is -0.774. The summed E-state index contributed by atoms with van der Waals surface area (Å²) in [6, 6.07) is 15.5. The van der Waals surface area contributed by atoms with Crippen LogP contribution in [0.5, 0.6) is 0 Å². The Morgan fingerprint density at radius 1 is 0.880 bits per heavy atom. The largest absolute Gasteiger partial charge is 0.451 e. The van der Waals surface area contributed by atoms with Crippen molar-refractivity contribution >= 4 is 23.4 Å². The average molecular weight is 359 g/mol. The summed E-state index contributed by atoms with van der Waals surface area (Å²) in [6.45, 7) is 0. The molecule has 2 amide bonds. The molecule has 0 spiro atoms. The minimum Gasteiger partial charge on any atom is -0.451 e. The molecule has 0 bridgehead atoms. The molecule has 2 aromatic carbocycles. The van der Waals surface area contributed by atoms with Crippen molar-refractivity contribution in [2.75, 3.05) is 0 Å². The highest BCUT2D eigenvalue weighted by Gasteiger charge is 2.16. The lowest BCUT2D eigenvalue weighted by molar-refractivity contribution is 0.0829. The fourth-order valence-electron chi connectivity index (χ4n) is 2.15. The van der Waals surface area contributed by atoms with Gasteiger partial charge in [-0.15, -0.1) is 0 Å². The number of benzene rings is 2. The molecule has 0 aliphatic heterocycles. The summed E-state index contributed by atoms with van der Waals surface area (Å²) in [5.41, 5.74) is 4.76. The molecule has 0 unspecified atom stereocenters. The molecule has 0 aliphatic rings. The molecule has 0 fully saturated rings. The molecule has 1 heterocycles. The maximum absolute atomic E-state index is 13.5. The Hall–Kier alpha value is -3.12. The summed E-state index contributed by atoms with van der Waals surface area (Å²) in [5.74, 6) is -1.75. The van der Waals surface area contributed by atoms with Crippen LogP contribution in [0.3, 0.4) is 0 Å². The van der Waals surface area contributed by atoms with Gasteiger partial charge in [0.15, 0.2) is 5.76 Å². The van der Waals surface area contributed by atoms with E-state index in [4.69, 9.17) is 16.0 Å². The highest BCUT2D eigenvalue weighted by Crippen LogP contribution is 2.28. The fraction of sp³-hybridized carbons (Fsp3) is 0. The summed E-state index contributed by atoms with van der Waals surface area (Å²) in [6.07, 6.45) is 0. The molecule has 1 aromatic heterocycles.